The van der Waals surface area contributed by atoms with Gasteiger partial charge in [0.15, 0.2) is 11.5 Å². The Morgan fingerprint density at radius 2 is 2.11 bits per heavy atom. The summed E-state index contributed by atoms with van der Waals surface area (Å²) in [5.41, 5.74) is 3.32. The van der Waals surface area contributed by atoms with E-state index >= 15 is 0 Å². The largest absolute Gasteiger partial charge is 0.326 e. The maximum atomic E-state index is 12.3. The average molecular weight is 380 g/mol. The van der Waals surface area contributed by atoms with Gasteiger partial charge in [0.2, 0.25) is 0 Å². The van der Waals surface area contributed by atoms with Gasteiger partial charge in [-0.2, -0.15) is 0 Å². The lowest BCUT2D eigenvalue weighted by Gasteiger charge is -2.09. The van der Waals surface area contributed by atoms with Crippen LogP contribution in [0.4, 0.5) is 11.5 Å². The molecule has 0 bridgehead atoms. The number of rotatable bonds is 3. The molecule has 1 amide bonds. The Hall–Kier alpha value is -3.32. The third kappa shape index (κ3) is 3.37. The third-order valence-electron chi connectivity index (χ3n) is 4.14. The van der Waals surface area contributed by atoms with Crippen molar-refractivity contribution in [3.8, 4) is 0 Å². The molecule has 3 aromatic rings. The quantitative estimate of drug-likeness (QED) is 0.730. The predicted molar refractivity (Wildman–Crippen MR) is 103 cm³/mol. The molecular formula is C19H14ClN5O2. The predicted octanol–water partition coefficient (Wildman–Crippen LogP) is 3.06. The minimum Gasteiger partial charge on any atom is -0.326 e. The molecule has 0 spiro atoms. The van der Waals surface area contributed by atoms with Crippen LogP contribution in [0.1, 0.15) is 27.2 Å². The highest BCUT2D eigenvalue weighted by Crippen LogP contribution is 2.31. The molecule has 3 heterocycles. The van der Waals surface area contributed by atoms with E-state index in [9.17, 15) is 9.59 Å². The second-order valence-corrected chi connectivity index (χ2v) is 6.55. The fraction of sp³-hybridized carbons (Fsp3) is 0.105. The average Bonchev–Trinajstić information content (AvgIpc) is 3.06. The van der Waals surface area contributed by atoms with Crippen molar-refractivity contribution >= 4 is 34.7 Å². The van der Waals surface area contributed by atoms with Gasteiger partial charge >= 0.3 is 0 Å². The number of aryl methyl sites for hydroxylation is 1. The second kappa shape index (κ2) is 6.77. The number of aliphatic imine (C=N–C) groups is 1. The Morgan fingerprint density at radius 3 is 2.93 bits per heavy atom. The van der Waals surface area contributed by atoms with E-state index in [4.69, 9.17) is 11.6 Å². The lowest BCUT2D eigenvalue weighted by atomic mass is 10.0. The number of benzene rings is 1. The fourth-order valence-corrected chi connectivity index (χ4v) is 3.11. The molecule has 1 aliphatic heterocycles. The zero-order valence-electron chi connectivity index (χ0n) is 14.3. The summed E-state index contributed by atoms with van der Waals surface area (Å²) in [6.45, 7) is 1.98. The third-order valence-corrected chi connectivity index (χ3v) is 4.47. The van der Waals surface area contributed by atoms with Crippen LogP contribution in [0.3, 0.4) is 0 Å². The van der Waals surface area contributed by atoms with Crippen LogP contribution in [0.15, 0.2) is 52.6 Å². The molecule has 0 saturated carbocycles. The van der Waals surface area contributed by atoms with Crippen molar-refractivity contribution in [3.63, 3.8) is 0 Å². The van der Waals surface area contributed by atoms with Crippen LogP contribution in [0, 0.1) is 6.92 Å². The van der Waals surface area contributed by atoms with Crippen molar-refractivity contribution in [2.45, 2.75) is 13.3 Å². The Bertz CT molecular complexity index is 1150. The van der Waals surface area contributed by atoms with Crippen molar-refractivity contribution in [2.75, 3.05) is 5.32 Å². The number of carbonyl (C=O) groups excluding carboxylic acids is 1. The Kier molecular flexibility index (Phi) is 4.29. The number of amides is 1. The molecule has 2 N–H and O–H groups in total. The van der Waals surface area contributed by atoms with E-state index in [0.717, 1.165) is 16.8 Å². The first-order chi connectivity index (χ1) is 13.0. The molecule has 134 valence electrons. The van der Waals surface area contributed by atoms with Gasteiger partial charge in [0.05, 0.1) is 5.71 Å². The molecule has 0 aliphatic carbocycles. The zero-order valence-corrected chi connectivity index (χ0v) is 15.0. The van der Waals surface area contributed by atoms with Crippen molar-refractivity contribution in [3.05, 3.63) is 80.6 Å². The number of nitrogens with one attached hydrogen (secondary N) is 2. The topological polar surface area (TPSA) is 100 Å². The molecule has 1 aliphatic rings. The Morgan fingerprint density at radius 1 is 1.26 bits per heavy atom. The van der Waals surface area contributed by atoms with Crippen molar-refractivity contribution in [1.29, 1.82) is 0 Å². The van der Waals surface area contributed by atoms with Crippen LogP contribution in [0.5, 0.6) is 0 Å². The molecule has 0 saturated heterocycles. The van der Waals surface area contributed by atoms with E-state index in [1.165, 1.54) is 12.4 Å². The number of carbonyl (C=O) groups is 1. The number of aromatic amines is 1. The smallest absolute Gasteiger partial charge is 0.280 e. The molecular weight excluding hydrogens is 366 g/mol. The van der Waals surface area contributed by atoms with E-state index in [-0.39, 0.29) is 5.69 Å². The van der Waals surface area contributed by atoms with Crippen LogP contribution < -0.4 is 10.9 Å². The fourth-order valence-electron chi connectivity index (χ4n) is 2.88. The van der Waals surface area contributed by atoms with Crippen molar-refractivity contribution in [2.24, 2.45) is 4.99 Å². The number of pyridine rings is 1. The van der Waals surface area contributed by atoms with Crippen molar-refractivity contribution in [1.82, 2.24) is 15.0 Å². The van der Waals surface area contributed by atoms with E-state index in [0.29, 0.717) is 28.5 Å². The molecule has 8 heteroatoms. The van der Waals surface area contributed by atoms with Gasteiger partial charge in [0, 0.05) is 46.8 Å². The number of fused-ring (bicyclic) bond motifs is 1. The lowest BCUT2D eigenvalue weighted by molar-refractivity contribution is 0.102. The number of H-pyrrole nitrogens is 1. The monoisotopic (exact) mass is 379 g/mol. The van der Waals surface area contributed by atoms with Gasteiger partial charge in [-0.1, -0.05) is 17.7 Å². The molecule has 1 aromatic carbocycles. The molecule has 4 rings (SSSR count). The second-order valence-electron chi connectivity index (χ2n) is 6.15. The summed E-state index contributed by atoms with van der Waals surface area (Å²) in [4.78, 5) is 39.1. The molecule has 0 radical (unpaired) electrons. The molecule has 0 atom stereocenters. The van der Waals surface area contributed by atoms with Gasteiger partial charge in [0.1, 0.15) is 0 Å². The molecule has 2 aromatic heterocycles. The van der Waals surface area contributed by atoms with Crippen LogP contribution in [-0.2, 0) is 6.42 Å². The molecule has 7 nitrogen and oxygen atoms in total. The first-order valence-electron chi connectivity index (χ1n) is 8.19. The van der Waals surface area contributed by atoms with Gasteiger partial charge in [-0.05, 0) is 30.7 Å². The summed E-state index contributed by atoms with van der Waals surface area (Å²) in [7, 11) is 0. The summed E-state index contributed by atoms with van der Waals surface area (Å²) in [5.74, 6) is 0.0835. The maximum Gasteiger partial charge on any atom is 0.280 e. The van der Waals surface area contributed by atoms with Crippen LogP contribution in [0.25, 0.3) is 0 Å². The minimum atomic E-state index is -0.598. The lowest BCUT2D eigenvalue weighted by Crippen LogP contribution is -2.24. The van der Waals surface area contributed by atoms with E-state index in [1.54, 1.807) is 24.4 Å². The minimum absolute atomic E-state index is 0.209. The van der Waals surface area contributed by atoms with Crippen molar-refractivity contribution < 1.29 is 4.79 Å². The normalized spacial score (nSPS) is 12.4. The van der Waals surface area contributed by atoms with Gasteiger partial charge < -0.3 is 10.3 Å². The number of hydrogen-bond acceptors (Lipinski definition) is 5. The highest BCUT2D eigenvalue weighted by molar-refractivity contribution is 6.34. The molecule has 0 fully saturated rings. The summed E-state index contributed by atoms with van der Waals surface area (Å²) >= 11 is 6.35. The molecule has 0 unspecified atom stereocenters. The summed E-state index contributed by atoms with van der Waals surface area (Å²) in [6, 6.07) is 7.12. The standard InChI is InChI=1S/C19H14ClN5O2/c1-10-6-11-7-15(25-17(11)23-9-10)13-8-12(2-3-14(13)20)24-19(27)16-18(26)22-5-4-21-16/h2-6,8-9H,7H2,1H3,(H,22,26)(H,24,27). The van der Waals surface area contributed by atoms with E-state index < -0.39 is 11.5 Å². The Balaban J connectivity index is 1.62. The zero-order chi connectivity index (χ0) is 19.0. The van der Waals surface area contributed by atoms with E-state index in [1.807, 2.05) is 13.0 Å². The number of aromatic nitrogens is 3. The van der Waals surface area contributed by atoms with Crippen LogP contribution in [0.2, 0.25) is 5.02 Å². The first kappa shape index (κ1) is 17.1. The van der Waals surface area contributed by atoms with Gasteiger partial charge in [-0.25, -0.2) is 15.0 Å². The van der Waals surface area contributed by atoms with Crippen LogP contribution >= 0.6 is 11.6 Å². The van der Waals surface area contributed by atoms with E-state index in [2.05, 4.69) is 25.3 Å². The number of nitrogens with zero attached hydrogens (tertiary/aromatic N) is 3. The number of halogens is 1. The summed E-state index contributed by atoms with van der Waals surface area (Å²) in [6.07, 6.45) is 5.10. The molecule has 27 heavy (non-hydrogen) atoms. The highest BCUT2D eigenvalue weighted by Gasteiger charge is 2.20. The summed E-state index contributed by atoms with van der Waals surface area (Å²) in [5, 5.41) is 3.19. The Labute approximate surface area is 159 Å². The SMILES string of the molecule is Cc1cnc2c(c1)CC(c1cc(NC(=O)c3ncc[nH]c3=O)ccc1Cl)=N2. The highest BCUT2D eigenvalue weighted by atomic mass is 35.5. The summed E-state index contributed by atoms with van der Waals surface area (Å²) < 4.78 is 0. The van der Waals surface area contributed by atoms with Crippen LogP contribution in [-0.4, -0.2) is 26.6 Å². The van der Waals surface area contributed by atoms with Gasteiger partial charge in [-0.15, -0.1) is 0 Å². The van der Waals surface area contributed by atoms with Gasteiger partial charge in [0.25, 0.3) is 11.5 Å². The number of anilines is 1. The maximum absolute atomic E-state index is 12.3. The number of hydrogen-bond donors (Lipinski definition) is 2. The first-order valence-corrected chi connectivity index (χ1v) is 8.57. The van der Waals surface area contributed by atoms with Gasteiger partial charge in [-0.3, -0.25) is 9.59 Å².